The summed E-state index contributed by atoms with van der Waals surface area (Å²) in [7, 11) is 0. The first-order valence-corrected chi connectivity index (χ1v) is 20.6. The third kappa shape index (κ3) is 15.9. The molecule has 0 aliphatic rings. The van der Waals surface area contributed by atoms with Crippen LogP contribution in [0.5, 0.6) is 0 Å². The van der Waals surface area contributed by atoms with Gasteiger partial charge in [-0.05, 0) is 81.0 Å². The van der Waals surface area contributed by atoms with Crippen molar-refractivity contribution in [1.29, 1.82) is 0 Å². The molecule has 0 saturated carbocycles. The van der Waals surface area contributed by atoms with Gasteiger partial charge in [-0.15, -0.1) is 0 Å². The molecule has 1 heterocycles. The molecule has 4 aromatic rings. The average molecular weight is 893 g/mol. The second-order valence-corrected chi connectivity index (χ2v) is 16.2. The molecule has 0 aliphatic heterocycles. The van der Waals surface area contributed by atoms with E-state index in [9.17, 15) is 38.7 Å². The van der Waals surface area contributed by atoms with Crippen molar-refractivity contribution in [1.82, 2.24) is 31.6 Å². The fourth-order valence-corrected chi connectivity index (χ4v) is 6.56. The zero-order valence-electron chi connectivity index (χ0n) is 34.5. The van der Waals surface area contributed by atoms with Crippen LogP contribution in [0.4, 0.5) is 4.79 Å². The first kappa shape index (κ1) is 48.3. The Bertz CT molecular complexity index is 2260. The second kappa shape index (κ2) is 23.0. The standard InChI is InChI=1S/C44H51Cl2N7O9/c1-44(2,3)62-43(61)53-35(23-28-25-49-32-14-8-7-13-29(28)32)41(59)50-33(15-9-10-20-48-37(54)19-17-27-16-18-30(45)31(46)21-27)40(58)52-36(24-38(55)56)42(60)51-34(39(47)57)22-26-11-5-4-6-12-26/h4-8,11-14,16-19,21,25,33-36,49H,9-10,15,20,22-24H2,1-3H3,(H2,47,57)(H,48,54)(H,50,59)(H,51,60)(H,52,58)(H,53,61)(H,55,56)/b19-17+/t33-,34-,35-,36-/m0/s1. The number of aliphatic carboxylic acids is 1. The number of alkyl carbamates (subject to hydrolysis) is 1. The Balaban J connectivity index is 1.53. The summed E-state index contributed by atoms with van der Waals surface area (Å²) in [6, 6.07) is 15.3. The van der Waals surface area contributed by atoms with Crippen molar-refractivity contribution in [3.8, 4) is 0 Å². The molecule has 4 rings (SSSR count). The van der Waals surface area contributed by atoms with Gasteiger partial charge >= 0.3 is 12.1 Å². The van der Waals surface area contributed by atoms with Gasteiger partial charge in [0.15, 0.2) is 0 Å². The molecule has 0 spiro atoms. The van der Waals surface area contributed by atoms with Crippen LogP contribution >= 0.6 is 23.2 Å². The SMILES string of the molecule is CC(C)(C)OC(=O)N[C@@H](Cc1c[nH]c2ccccc12)C(=O)N[C@@H](CCCCNC(=O)/C=C/c1ccc(Cl)c(Cl)c1)C(=O)N[C@@H](CC(=O)O)C(=O)N[C@@H](Cc1ccccc1)C(N)=O. The highest BCUT2D eigenvalue weighted by atomic mass is 35.5. The molecule has 0 unspecified atom stereocenters. The van der Waals surface area contributed by atoms with E-state index in [1.54, 1.807) is 81.6 Å². The Morgan fingerprint density at radius 3 is 2.10 bits per heavy atom. The van der Waals surface area contributed by atoms with Gasteiger partial charge in [0.2, 0.25) is 29.5 Å². The van der Waals surface area contributed by atoms with E-state index in [1.807, 2.05) is 24.3 Å². The summed E-state index contributed by atoms with van der Waals surface area (Å²) >= 11 is 12.0. The van der Waals surface area contributed by atoms with E-state index in [0.29, 0.717) is 33.2 Å². The minimum Gasteiger partial charge on any atom is -0.481 e. The molecule has 1 aromatic heterocycles. The molecule has 0 radical (unpaired) electrons. The van der Waals surface area contributed by atoms with E-state index in [1.165, 1.54) is 6.08 Å². The predicted molar refractivity (Wildman–Crippen MR) is 235 cm³/mol. The third-order valence-corrected chi connectivity index (χ3v) is 10.0. The minimum atomic E-state index is -1.69. The molecule has 18 heteroatoms. The number of nitrogens with two attached hydrogens (primary N) is 1. The van der Waals surface area contributed by atoms with E-state index >= 15 is 0 Å². The number of aromatic nitrogens is 1. The fraction of sp³-hybridized carbons (Fsp3) is 0.341. The molecule has 62 heavy (non-hydrogen) atoms. The number of nitrogens with one attached hydrogen (secondary N) is 6. The summed E-state index contributed by atoms with van der Waals surface area (Å²) < 4.78 is 5.44. The van der Waals surface area contributed by atoms with Crippen LogP contribution in [0.15, 0.2) is 85.1 Å². The number of carboxylic acid groups (broad SMARTS) is 1. The number of halogens is 2. The monoisotopic (exact) mass is 891 g/mol. The number of H-pyrrole nitrogens is 1. The van der Waals surface area contributed by atoms with Gasteiger partial charge in [-0.1, -0.05) is 77.8 Å². The highest BCUT2D eigenvalue weighted by Crippen LogP contribution is 2.23. The number of unbranched alkanes of at least 4 members (excludes halogenated alkanes) is 1. The lowest BCUT2D eigenvalue weighted by Gasteiger charge is -2.26. The van der Waals surface area contributed by atoms with Crippen LogP contribution in [0.25, 0.3) is 17.0 Å². The minimum absolute atomic E-state index is 0.00138. The number of hydrogen-bond acceptors (Lipinski definition) is 8. The second-order valence-electron chi connectivity index (χ2n) is 15.4. The maximum absolute atomic E-state index is 14.1. The molecule has 3 aromatic carbocycles. The summed E-state index contributed by atoms with van der Waals surface area (Å²) in [5.74, 6) is -5.42. The first-order chi connectivity index (χ1) is 29.4. The van der Waals surface area contributed by atoms with Crippen molar-refractivity contribution in [3.05, 3.63) is 112 Å². The number of ether oxygens (including phenoxy) is 1. The van der Waals surface area contributed by atoms with Gasteiger partial charge in [0.1, 0.15) is 29.8 Å². The zero-order chi connectivity index (χ0) is 45.4. The van der Waals surface area contributed by atoms with Gasteiger partial charge < -0.3 is 47.1 Å². The number of aromatic amines is 1. The molecule has 0 fully saturated rings. The molecular weight excluding hydrogens is 841 g/mol. The quantitative estimate of drug-likeness (QED) is 0.0431. The van der Waals surface area contributed by atoms with E-state index in [-0.39, 0.29) is 32.2 Å². The van der Waals surface area contributed by atoms with Crippen molar-refractivity contribution in [2.45, 2.75) is 89.1 Å². The van der Waals surface area contributed by atoms with Crippen LogP contribution in [0.3, 0.4) is 0 Å². The Morgan fingerprint density at radius 1 is 0.774 bits per heavy atom. The number of hydrogen-bond donors (Lipinski definition) is 8. The normalized spacial score (nSPS) is 13.3. The Kier molecular flexibility index (Phi) is 17.9. The van der Waals surface area contributed by atoms with Gasteiger partial charge in [-0.3, -0.25) is 28.8 Å². The topological polar surface area (TPSA) is 251 Å². The molecule has 0 bridgehead atoms. The van der Waals surface area contributed by atoms with E-state index in [4.69, 9.17) is 33.7 Å². The number of rotatable bonds is 21. The summed E-state index contributed by atoms with van der Waals surface area (Å²) in [4.78, 5) is 94.7. The highest BCUT2D eigenvalue weighted by molar-refractivity contribution is 6.42. The first-order valence-electron chi connectivity index (χ1n) is 19.8. The van der Waals surface area contributed by atoms with Crippen molar-refractivity contribution in [2.24, 2.45) is 5.73 Å². The molecule has 9 N–H and O–H groups in total. The van der Waals surface area contributed by atoms with Gasteiger partial charge in [0.05, 0.1) is 16.5 Å². The number of carbonyl (C=O) groups is 7. The molecule has 0 saturated heterocycles. The van der Waals surface area contributed by atoms with Gasteiger partial charge in [0.25, 0.3) is 0 Å². The van der Waals surface area contributed by atoms with Crippen molar-refractivity contribution in [2.75, 3.05) is 6.54 Å². The Labute approximate surface area is 368 Å². The van der Waals surface area contributed by atoms with Crippen molar-refractivity contribution in [3.63, 3.8) is 0 Å². The van der Waals surface area contributed by atoms with E-state index < -0.39 is 77.8 Å². The molecule has 4 atom stereocenters. The molecular formula is C44H51Cl2N7O9. The molecule has 0 aliphatic carbocycles. The van der Waals surface area contributed by atoms with Crippen molar-refractivity contribution >= 4 is 81.8 Å². The molecule has 330 valence electrons. The van der Waals surface area contributed by atoms with E-state index in [0.717, 1.165) is 10.9 Å². The lowest BCUT2D eigenvalue weighted by molar-refractivity contribution is -0.141. The summed E-state index contributed by atoms with van der Waals surface area (Å²) in [5.41, 5.74) is 7.46. The summed E-state index contributed by atoms with van der Waals surface area (Å²) in [6.45, 7) is 5.16. The predicted octanol–water partition coefficient (Wildman–Crippen LogP) is 4.57. The van der Waals surface area contributed by atoms with Crippen LogP contribution in [0.2, 0.25) is 10.0 Å². The summed E-state index contributed by atoms with van der Waals surface area (Å²) in [5, 5.41) is 24.1. The number of carboxylic acids is 1. The highest BCUT2D eigenvalue weighted by Gasteiger charge is 2.33. The van der Waals surface area contributed by atoms with Crippen LogP contribution in [-0.4, -0.2) is 88.0 Å². The smallest absolute Gasteiger partial charge is 0.408 e. The lowest BCUT2D eigenvalue weighted by atomic mass is 10.0. The van der Waals surface area contributed by atoms with Gasteiger partial charge in [-0.2, -0.15) is 0 Å². The van der Waals surface area contributed by atoms with Gasteiger partial charge in [0, 0.05) is 42.6 Å². The Morgan fingerprint density at radius 2 is 1.42 bits per heavy atom. The summed E-state index contributed by atoms with van der Waals surface area (Å²) in [6.07, 6.45) is 3.33. The lowest BCUT2D eigenvalue weighted by Crippen LogP contribution is -2.59. The number of para-hydroxylation sites is 1. The number of amides is 6. The van der Waals surface area contributed by atoms with Crippen LogP contribution in [-0.2, 0) is 46.3 Å². The number of primary amides is 1. The van der Waals surface area contributed by atoms with E-state index in [2.05, 4.69) is 31.6 Å². The largest absolute Gasteiger partial charge is 0.481 e. The number of fused-ring (bicyclic) bond motifs is 1. The van der Waals surface area contributed by atoms with Crippen LogP contribution < -0.4 is 32.3 Å². The average Bonchev–Trinajstić information content (AvgIpc) is 3.61. The third-order valence-electron chi connectivity index (χ3n) is 9.28. The zero-order valence-corrected chi connectivity index (χ0v) is 36.0. The maximum Gasteiger partial charge on any atom is 0.408 e. The fourth-order valence-electron chi connectivity index (χ4n) is 6.25. The van der Waals surface area contributed by atoms with Crippen LogP contribution in [0, 0.1) is 0 Å². The molecule has 6 amide bonds. The molecule has 16 nitrogen and oxygen atoms in total. The van der Waals surface area contributed by atoms with Gasteiger partial charge in [-0.25, -0.2) is 4.79 Å². The number of benzene rings is 3. The Hall–Kier alpha value is -6.39. The maximum atomic E-state index is 14.1. The van der Waals surface area contributed by atoms with Crippen LogP contribution in [0.1, 0.15) is 63.1 Å². The number of carbonyl (C=O) groups excluding carboxylic acids is 6. The van der Waals surface area contributed by atoms with Crippen molar-refractivity contribution < 1.29 is 43.4 Å².